The van der Waals surface area contributed by atoms with Crippen LogP contribution in [0.1, 0.15) is 16.1 Å². The van der Waals surface area contributed by atoms with Crippen LogP contribution in [0.3, 0.4) is 0 Å². The van der Waals surface area contributed by atoms with Gasteiger partial charge in [-0.05, 0) is 23.8 Å². The molecule has 3 aromatic rings. The molecule has 0 fully saturated rings. The number of hydrogen-bond acceptors (Lipinski definition) is 3. The third kappa shape index (κ3) is 3.88. The molecule has 3 N–H and O–H groups in total. The van der Waals surface area contributed by atoms with Crippen molar-refractivity contribution in [3.05, 3.63) is 75.9 Å². The number of nitrogens with one attached hydrogen (secondary N) is 1. The number of nitrogens with two attached hydrogens (primary N) is 1. The van der Waals surface area contributed by atoms with Crippen LogP contribution in [0, 0.1) is 0 Å². The van der Waals surface area contributed by atoms with E-state index in [0.29, 0.717) is 28.1 Å². The fourth-order valence-corrected chi connectivity index (χ4v) is 2.77. The maximum atomic E-state index is 12.3. The summed E-state index contributed by atoms with van der Waals surface area (Å²) in [5, 5.41) is 7.84. The molecule has 0 spiro atoms. The largest absolute Gasteiger partial charge is 0.384 e. The number of anilines is 2. The van der Waals surface area contributed by atoms with Crippen LogP contribution in [-0.4, -0.2) is 15.7 Å². The summed E-state index contributed by atoms with van der Waals surface area (Å²) in [7, 11) is 0. The Labute approximate surface area is 149 Å². The molecule has 24 heavy (non-hydrogen) atoms. The van der Waals surface area contributed by atoms with Crippen molar-refractivity contribution in [3.8, 4) is 0 Å². The first kappa shape index (κ1) is 16.4. The molecular weight excluding hydrogens is 347 g/mol. The summed E-state index contributed by atoms with van der Waals surface area (Å²) in [6.45, 7) is 0.489. The van der Waals surface area contributed by atoms with Crippen LogP contribution in [0.5, 0.6) is 0 Å². The van der Waals surface area contributed by atoms with Crippen molar-refractivity contribution in [2.24, 2.45) is 0 Å². The molecule has 0 aliphatic carbocycles. The van der Waals surface area contributed by atoms with Crippen LogP contribution in [0.15, 0.2) is 54.6 Å². The van der Waals surface area contributed by atoms with E-state index in [-0.39, 0.29) is 11.6 Å². The molecule has 7 heteroatoms. The summed E-state index contributed by atoms with van der Waals surface area (Å²) in [6, 6.07) is 16.1. The first-order chi connectivity index (χ1) is 11.5. The Hall–Kier alpha value is -2.50. The predicted octanol–water partition coefficient (Wildman–Crippen LogP) is 4.07. The van der Waals surface area contributed by atoms with Crippen molar-refractivity contribution in [3.63, 3.8) is 0 Å². The van der Waals surface area contributed by atoms with E-state index < -0.39 is 0 Å². The van der Waals surface area contributed by atoms with Gasteiger partial charge in [0.1, 0.15) is 5.82 Å². The predicted molar refractivity (Wildman–Crippen MR) is 96.6 cm³/mol. The fraction of sp³-hybridized carbons (Fsp3) is 0.0588. The van der Waals surface area contributed by atoms with E-state index in [1.54, 1.807) is 22.9 Å². The summed E-state index contributed by atoms with van der Waals surface area (Å²) in [4.78, 5) is 12.3. The number of benzene rings is 2. The van der Waals surface area contributed by atoms with Gasteiger partial charge in [-0.1, -0.05) is 53.5 Å². The molecule has 1 amide bonds. The SMILES string of the molecule is Nc1cc(C(=O)Nc2cc(Cl)cc(Cl)c2)nn1Cc1ccccc1. The van der Waals surface area contributed by atoms with Gasteiger partial charge >= 0.3 is 0 Å². The minimum absolute atomic E-state index is 0.222. The molecule has 1 aromatic heterocycles. The number of carbonyl (C=O) groups is 1. The first-order valence-electron chi connectivity index (χ1n) is 7.16. The molecule has 0 saturated heterocycles. The van der Waals surface area contributed by atoms with Crippen LogP contribution in [-0.2, 0) is 6.54 Å². The summed E-state index contributed by atoms with van der Waals surface area (Å²) in [5.41, 5.74) is 7.71. The molecule has 0 aliphatic heterocycles. The van der Waals surface area contributed by atoms with Gasteiger partial charge in [0, 0.05) is 21.8 Å². The molecule has 0 aliphatic rings. The Morgan fingerprint density at radius 3 is 2.42 bits per heavy atom. The Bertz CT molecular complexity index is 857. The van der Waals surface area contributed by atoms with Gasteiger partial charge < -0.3 is 11.1 Å². The lowest BCUT2D eigenvalue weighted by atomic mass is 10.2. The Balaban J connectivity index is 1.77. The van der Waals surface area contributed by atoms with Crippen molar-refractivity contribution >= 4 is 40.6 Å². The third-order valence-electron chi connectivity index (χ3n) is 3.34. The zero-order valence-electron chi connectivity index (χ0n) is 12.5. The van der Waals surface area contributed by atoms with Crippen LogP contribution in [0.25, 0.3) is 0 Å². The average Bonchev–Trinajstić information content (AvgIpc) is 2.88. The number of rotatable bonds is 4. The monoisotopic (exact) mass is 360 g/mol. The lowest BCUT2D eigenvalue weighted by Gasteiger charge is -2.05. The molecule has 0 unspecified atom stereocenters. The van der Waals surface area contributed by atoms with Crippen molar-refractivity contribution in [2.75, 3.05) is 11.1 Å². The van der Waals surface area contributed by atoms with E-state index in [1.807, 2.05) is 30.3 Å². The second kappa shape index (κ2) is 6.95. The van der Waals surface area contributed by atoms with E-state index >= 15 is 0 Å². The highest BCUT2D eigenvalue weighted by Gasteiger charge is 2.14. The third-order valence-corrected chi connectivity index (χ3v) is 3.78. The quantitative estimate of drug-likeness (QED) is 0.736. The van der Waals surface area contributed by atoms with Crippen LogP contribution < -0.4 is 11.1 Å². The molecule has 122 valence electrons. The van der Waals surface area contributed by atoms with Gasteiger partial charge in [0.25, 0.3) is 5.91 Å². The first-order valence-corrected chi connectivity index (χ1v) is 7.91. The number of hydrogen-bond donors (Lipinski definition) is 2. The summed E-state index contributed by atoms with van der Waals surface area (Å²) in [6.07, 6.45) is 0. The molecule has 5 nitrogen and oxygen atoms in total. The summed E-state index contributed by atoms with van der Waals surface area (Å²) < 4.78 is 1.58. The van der Waals surface area contributed by atoms with Gasteiger partial charge in [-0.15, -0.1) is 0 Å². The van der Waals surface area contributed by atoms with E-state index in [2.05, 4.69) is 10.4 Å². The summed E-state index contributed by atoms with van der Waals surface area (Å²) >= 11 is 11.8. The minimum Gasteiger partial charge on any atom is -0.384 e. The maximum Gasteiger partial charge on any atom is 0.276 e. The van der Waals surface area contributed by atoms with Gasteiger partial charge in [-0.2, -0.15) is 5.10 Å². The zero-order chi connectivity index (χ0) is 17.1. The lowest BCUT2D eigenvalue weighted by molar-refractivity contribution is 0.102. The van der Waals surface area contributed by atoms with Crippen molar-refractivity contribution in [1.82, 2.24) is 9.78 Å². The molecule has 1 heterocycles. The molecule has 3 rings (SSSR count). The van der Waals surface area contributed by atoms with E-state index in [0.717, 1.165) is 5.56 Å². The molecule has 0 radical (unpaired) electrons. The van der Waals surface area contributed by atoms with E-state index in [1.165, 1.54) is 6.07 Å². The number of amides is 1. The van der Waals surface area contributed by atoms with Crippen LogP contribution in [0.2, 0.25) is 10.0 Å². The van der Waals surface area contributed by atoms with Gasteiger partial charge in [-0.25, -0.2) is 4.68 Å². The Morgan fingerprint density at radius 1 is 1.08 bits per heavy atom. The van der Waals surface area contributed by atoms with E-state index in [4.69, 9.17) is 28.9 Å². The molecule has 0 atom stereocenters. The second-order valence-electron chi connectivity index (χ2n) is 5.21. The fourth-order valence-electron chi connectivity index (χ4n) is 2.25. The summed E-state index contributed by atoms with van der Waals surface area (Å²) in [5.74, 6) is 0.0278. The van der Waals surface area contributed by atoms with Gasteiger partial charge in [0.05, 0.1) is 6.54 Å². The molecule has 2 aromatic carbocycles. The highest BCUT2D eigenvalue weighted by atomic mass is 35.5. The van der Waals surface area contributed by atoms with Crippen molar-refractivity contribution < 1.29 is 4.79 Å². The molecular formula is C17H14Cl2N4O. The normalized spacial score (nSPS) is 10.6. The second-order valence-corrected chi connectivity index (χ2v) is 6.08. The van der Waals surface area contributed by atoms with Gasteiger partial charge in [0.15, 0.2) is 5.69 Å². The number of nitrogens with zero attached hydrogens (tertiary/aromatic N) is 2. The molecule has 0 bridgehead atoms. The maximum absolute atomic E-state index is 12.3. The van der Waals surface area contributed by atoms with Crippen molar-refractivity contribution in [1.29, 1.82) is 0 Å². The zero-order valence-corrected chi connectivity index (χ0v) is 14.1. The minimum atomic E-state index is -0.383. The smallest absolute Gasteiger partial charge is 0.276 e. The Morgan fingerprint density at radius 2 is 1.75 bits per heavy atom. The topological polar surface area (TPSA) is 72.9 Å². The van der Waals surface area contributed by atoms with Crippen LogP contribution in [0.4, 0.5) is 11.5 Å². The van der Waals surface area contributed by atoms with Gasteiger partial charge in [0.2, 0.25) is 0 Å². The number of nitrogen functional groups attached to an aromatic ring is 1. The number of carbonyl (C=O) groups excluding carboxylic acids is 1. The highest BCUT2D eigenvalue weighted by molar-refractivity contribution is 6.35. The molecule has 0 saturated carbocycles. The Kier molecular flexibility index (Phi) is 4.74. The van der Waals surface area contributed by atoms with Crippen LogP contribution >= 0.6 is 23.2 Å². The highest BCUT2D eigenvalue weighted by Crippen LogP contribution is 2.23. The van der Waals surface area contributed by atoms with Crippen molar-refractivity contribution in [2.45, 2.75) is 6.54 Å². The number of halogens is 2. The number of aromatic nitrogens is 2. The van der Waals surface area contributed by atoms with E-state index in [9.17, 15) is 4.79 Å². The lowest BCUT2D eigenvalue weighted by Crippen LogP contribution is -2.13. The standard InChI is InChI=1S/C17H14Cl2N4O/c18-12-6-13(19)8-14(7-12)21-17(24)15-9-16(20)23(22-15)10-11-4-2-1-3-5-11/h1-9H,10,20H2,(H,21,24). The average molecular weight is 361 g/mol. The van der Waals surface area contributed by atoms with Gasteiger partial charge in [-0.3, -0.25) is 4.79 Å².